The van der Waals surface area contributed by atoms with Gasteiger partial charge in [0.1, 0.15) is 5.03 Å². The summed E-state index contributed by atoms with van der Waals surface area (Å²) < 4.78 is 50.1. The molecule has 0 saturated heterocycles. The van der Waals surface area contributed by atoms with Crippen LogP contribution in [-0.2, 0) is 6.18 Å². The second-order valence-corrected chi connectivity index (χ2v) is 6.09. The van der Waals surface area contributed by atoms with E-state index in [-0.39, 0.29) is 5.78 Å². The average molecular weight is 370 g/mol. The van der Waals surface area contributed by atoms with Crippen molar-refractivity contribution in [3.63, 3.8) is 0 Å². The van der Waals surface area contributed by atoms with Gasteiger partial charge in [0.15, 0.2) is 11.5 Å². The molecule has 0 fully saturated rings. The molecule has 0 unspecified atom stereocenters. The SMILES string of the molecule is COc1ccc(Sc2cc(C)nc3nc(C(F)(F)F)nn23)cc1OC. The number of hydrogen-bond acceptors (Lipinski definition) is 6. The Balaban J connectivity index is 2.05. The van der Waals surface area contributed by atoms with Crippen LogP contribution in [0.4, 0.5) is 13.2 Å². The number of nitrogens with zero attached hydrogens (tertiary/aromatic N) is 4. The molecule has 0 atom stereocenters. The fourth-order valence-electron chi connectivity index (χ4n) is 2.15. The van der Waals surface area contributed by atoms with Crippen molar-refractivity contribution in [2.75, 3.05) is 14.2 Å². The first kappa shape index (κ1) is 17.3. The fourth-order valence-corrected chi connectivity index (χ4v) is 3.13. The molecule has 3 aromatic rings. The standard InChI is InChI=1S/C15H13F3N4O2S/c1-8-6-12(22-14(19-8)20-13(21-22)15(16,17)18)25-9-4-5-10(23-2)11(7-9)24-3/h4-7H,1-3H3. The van der Waals surface area contributed by atoms with Gasteiger partial charge in [0.25, 0.3) is 11.6 Å². The van der Waals surface area contributed by atoms with Crippen molar-refractivity contribution in [1.82, 2.24) is 19.6 Å². The molecule has 25 heavy (non-hydrogen) atoms. The maximum absolute atomic E-state index is 12.9. The predicted octanol–water partition coefficient (Wildman–Crippen LogP) is 3.62. The highest BCUT2D eigenvalue weighted by Crippen LogP contribution is 2.36. The van der Waals surface area contributed by atoms with Crippen LogP contribution in [0.15, 0.2) is 34.2 Å². The van der Waals surface area contributed by atoms with Crippen LogP contribution in [0.25, 0.3) is 5.78 Å². The lowest BCUT2D eigenvalue weighted by Gasteiger charge is -2.10. The van der Waals surface area contributed by atoms with Gasteiger partial charge in [0, 0.05) is 10.6 Å². The van der Waals surface area contributed by atoms with Crippen LogP contribution in [0.2, 0.25) is 0 Å². The van der Waals surface area contributed by atoms with Gasteiger partial charge in [-0.05, 0) is 31.2 Å². The minimum atomic E-state index is -4.63. The summed E-state index contributed by atoms with van der Waals surface area (Å²) in [6.07, 6.45) is -4.63. The van der Waals surface area contributed by atoms with Crippen molar-refractivity contribution in [3.8, 4) is 11.5 Å². The summed E-state index contributed by atoms with van der Waals surface area (Å²) >= 11 is 1.22. The molecule has 0 aliphatic rings. The number of aryl methyl sites for hydroxylation is 1. The Bertz CT molecular complexity index is 927. The monoisotopic (exact) mass is 370 g/mol. The minimum absolute atomic E-state index is 0.102. The third-order valence-electron chi connectivity index (χ3n) is 3.24. The van der Waals surface area contributed by atoms with E-state index in [1.807, 2.05) is 0 Å². The molecule has 0 N–H and O–H groups in total. The van der Waals surface area contributed by atoms with E-state index in [1.165, 1.54) is 26.0 Å². The first-order valence-corrected chi connectivity index (χ1v) is 7.85. The highest BCUT2D eigenvalue weighted by Gasteiger charge is 2.36. The molecule has 1 aromatic carbocycles. The quantitative estimate of drug-likeness (QED) is 0.654. The summed E-state index contributed by atoms with van der Waals surface area (Å²) in [7, 11) is 3.03. The largest absolute Gasteiger partial charge is 0.493 e. The maximum Gasteiger partial charge on any atom is 0.453 e. The first-order chi connectivity index (χ1) is 11.8. The fraction of sp³-hybridized carbons (Fsp3) is 0.267. The van der Waals surface area contributed by atoms with Crippen LogP contribution in [-0.4, -0.2) is 33.8 Å². The van der Waals surface area contributed by atoms with E-state index in [1.54, 1.807) is 31.2 Å². The zero-order chi connectivity index (χ0) is 18.2. The van der Waals surface area contributed by atoms with Gasteiger partial charge in [0.05, 0.1) is 14.2 Å². The number of benzene rings is 1. The predicted molar refractivity (Wildman–Crippen MR) is 84.2 cm³/mol. The van der Waals surface area contributed by atoms with E-state index in [9.17, 15) is 13.2 Å². The molecule has 10 heteroatoms. The zero-order valence-electron chi connectivity index (χ0n) is 13.5. The minimum Gasteiger partial charge on any atom is -0.493 e. The van der Waals surface area contributed by atoms with E-state index in [0.717, 1.165) is 9.41 Å². The number of rotatable bonds is 4. The second-order valence-electron chi connectivity index (χ2n) is 5.00. The van der Waals surface area contributed by atoms with Gasteiger partial charge in [-0.25, -0.2) is 4.98 Å². The Kier molecular flexibility index (Phi) is 4.46. The molecule has 3 rings (SSSR count). The van der Waals surface area contributed by atoms with Gasteiger partial charge in [-0.1, -0.05) is 11.8 Å². The van der Waals surface area contributed by atoms with E-state index in [0.29, 0.717) is 22.2 Å². The smallest absolute Gasteiger partial charge is 0.453 e. The molecule has 132 valence electrons. The van der Waals surface area contributed by atoms with E-state index < -0.39 is 12.0 Å². The van der Waals surface area contributed by atoms with Gasteiger partial charge in [-0.15, -0.1) is 5.10 Å². The number of fused-ring (bicyclic) bond motifs is 1. The normalized spacial score (nSPS) is 11.8. The molecule has 0 radical (unpaired) electrons. The van der Waals surface area contributed by atoms with E-state index >= 15 is 0 Å². The van der Waals surface area contributed by atoms with Crippen molar-refractivity contribution < 1.29 is 22.6 Å². The van der Waals surface area contributed by atoms with Crippen molar-refractivity contribution in [2.45, 2.75) is 23.0 Å². The Hall–Kier alpha value is -2.49. The van der Waals surface area contributed by atoms with Crippen LogP contribution in [0, 0.1) is 6.92 Å². The number of halogens is 3. The maximum atomic E-state index is 12.9. The molecule has 0 aliphatic carbocycles. The van der Waals surface area contributed by atoms with Crippen LogP contribution in [0.1, 0.15) is 11.5 Å². The van der Waals surface area contributed by atoms with Crippen molar-refractivity contribution >= 4 is 17.5 Å². The summed E-state index contributed by atoms with van der Waals surface area (Å²) in [6.45, 7) is 1.68. The lowest BCUT2D eigenvalue weighted by Crippen LogP contribution is -2.07. The third kappa shape index (κ3) is 3.48. The summed E-state index contributed by atoms with van der Waals surface area (Å²) in [4.78, 5) is 8.21. The van der Waals surface area contributed by atoms with Crippen LogP contribution in [0.5, 0.6) is 11.5 Å². The Morgan fingerprint density at radius 3 is 2.40 bits per heavy atom. The lowest BCUT2D eigenvalue weighted by atomic mass is 10.3. The average Bonchev–Trinajstić information content (AvgIpc) is 2.99. The lowest BCUT2D eigenvalue weighted by molar-refractivity contribution is -0.144. The van der Waals surface area contributed by atoms with E-state index in [2.05, 4.69) is 15.1 Å². The van der Waals surface area contributed by atoms with Crippen LogP contribution < -0.4 is 9.47 Å². The highest BCUT2D eigenvalue weighted by molar-refractivity contribution is 7.99. The van der Waals surface area contributed by atoms with E-state index in [4.69, 9.17) is 9.47 Å². The van der Waals surface area contributed by atoms with Gasteiger partial charge >= 0.3 is 6.18 Å². The van der Waals surface area contributed by atoms with Crippen molar-refractivity contribution in [1.29, 1.82) is 0 Å². The summed E-state index contributed by atoms with van der Waals surface area (Å²) in [5.74, 6) is -0.248. The first-order valence-electron chi connectivity index (χ1n) is 7.03. The highest BCUT2D eigenvalue weighted by atomic mass is 32.2. The van der Waals surface area contributed by atoms with Gasteiger partial charge in [-0.2, -0.15) is 22.7 Å². The van der Waals surface area contributed by atoms with Gasteiger partial charge in [0.2, 0.25) is 0 Å². The van der Waals surface area contributed by atoms with Gasteiger partial charge < -0.3 is 9.47 Å². The molecule has 0 amide bonds. The molecular formula is C15H13F3N4O2S. The second kappa shape index (κ2) is 6.43. The molecule has 0 saturated carbocycles. The Morgan fingerprint density at radius 2 is 1.76 bits per heavy atom. The molecule has 0 bridgehead atoms. The molecule has 0 aliphatic heterocycles. The Morgan fingerprint density at radius 1 is 1.04 bits per heavy atom. The topological polar surface area (TPSA) is 61.5 Å². The van der Waals surface area contributed by atoms with Crippen LogP contribution in [0.3, 0.4) is 0 Å². The molecular weight excluding hydrogens is 357 g/mol. The molecule has 2 aromatic heterocycles. The number of alkyl halides is 3. The summed E-state index contributed by atoms with van der Waals surface area (Å²) in [6, 6.07) is 6.86. The zero-order valence-corrected chi connectivity index (χ0v) is 14.3. The number of hydrogen-bond donors (Lipinski definition) is 0. The molecule has 6 nitrogen and oxygen atoms in total. The molecule has 0 spiro atoms. The third-order valence-corrected chi connectivity index (χ3v) is 4.23. The van der Waals surface area contributed by atoms with Crippen LogP contribution >= 0.6 is 11.8 Å². The Labute approximate surface area is 145 Å². The summed E-state index contributed by atoms with van der Waals surface area (Å²) in [5, 5.41) is 4.00. The number of aromatic nitrogens is 4. The van der Waals surface area contributed by atoms with Gasteiger partial charge in [-0.3, -0.25) is 0 Å². The summed E-state index contributed by atoms with van der Waals surface area (Å²) in [5.41, 5.74) is 0.539. The number of ether oxygens (including phenoxy) is 2. The van der Waals surface area contributed by atoms with Crippen molar-refractivity contribution in [3.05, 3.63) is 35.8 Å². The number of methoxy groups -OCH3 is 2. The van der Waals surface area contributed by atoms with Crippen molar-refractivity contribution in [2.24, 2.45) is 0 Å². The molecule has 2 heterocycles.